The Kier molecular flexibility index (Phi) is 2.60. The SMILES string of the molecule is C=CC(=O)OCC1=COC(C)(C)O1. The van der Waals surface area contributed by atoms with Gasteiger partial charge in [0.25, 0.3) is 0 Å². The van der Waals surface area contributed by atoms with Gasteiger partial charge in [-0.05, 0) is 0 Å². The summed E-state index contributed by atoms with van der Waals surface area (Å²) >= 11 is 0. The number of carbonyl (C=O) groups excluding carboxylic acids is 1. The predicted octanol–water partition coefficient (Wildman–Crippen LogP) is 1.34. The van der Waals surface area contributed by atoms with E-state index >= 15 is 0 Å². The zero-order chi connectivity index (χ0) is 9.90. The van der Waals surface area contributed by atoms with E-state index in [1.807, 2.05) is 0 Å². The second-order valence-electron chi connectivity index (χ2n) is 3.02. The average Bonchev–Trinajstić information content (AvgIpc) is 2.41. The highest BCUT2D eigenvalue weighted by molar-refractivity contribution is 5.81. The van der Waals surface area contributed by atoms with Crippen LogP contribution in [0.3, 0.4) is 0 Å². The molecule has 0 N–H and O–H groups in total. The van der Waals surface area contributed by atoms with Gasteiger partial charge in [-0.1, -0.05) is 6.58 Å². The molecule has 1 aliphatic heterocycles. The van der Waals surface area contributed by atoms with E-state index in [-0.39, 0.29) is 6.61 Å². The highest BCUT2D eigenvalue weighted by atomic mass is 16.7. The van der Waals surface area contributed by atoms with Crippen LogP contribution < -0.4 is 0 Å². The molecule has 0 fully saturated rings. The topological polar surface area (TPSA) is 44.8 Å². The fourth-order valence-corrected chi connectivity index (χ4v) is 0.836. The second-order valence-corrected chi connectivity index (χ2v) is 3.02. The molecule has 72 valence electrons. The van der Waals surface area contributed by atoms with Crippen LogP contribution in [0.15, 0.2) is 24.7 Å². The highest BCUT2D eigenvalue weighted by Gasteiger charge is 2.27. The molecule has 0 saturated heterocycles. The Labute approximate surface area is 76.8 Å². The minimum absolute atomic E-state index is 0.0777. The maximum atomic E-state index is 10.7. The quantitative estimate of drug-likeness (QED) is 0.490. The van der Waals surface area contributed by atoms with E-state index in [9.17, 15) is 4.79 Å². The standard InChI is InChI=1S/C9H12O4/c1-4-8(10)11-5-7-6-12-9(2,3)13-7/h4,6H,1,5H2,2-3H3. The van der Waals surface area contributed by atoms with Crippen molar-refractivity contribution in [2.24, 2.45) is 0 Å². The maximum Gasteiger partial charge on any atom is 0.330 e. The van der Waals surface area contributed by atoms with Crippen LogP contribution in [0.25, 0.3) is 0 Å². The molecular weight excluding hydrogens is 172 g/mol. The van der Waals surface area contributed by atoms with Crippen LogP contribution >= 0.6 is 0 Å². The van der Waals surface area contributed by atoms with Crippen LogP contribution in [0.2, 0.25) is 0 Å². The van der Waals surface area contributed by atoms with Crippen molar-refractivity contribution in [1.29, 1.82) is 0 Å². The van der Waals surface area contributed by atoms with Gasteiger partial charge in [0.2, 0.25) is 5.79 Å². The molecule has 4 nitrogen and oxygen atoms in total. The van der Waals surface area contributed by atoms with E-state index in [0.717, 1.165) is 6.08 Å². The third kappa shape index (κ3) is 2.82. The molecule has 0 amide bonds. The van der Waals surface area contributed by atoms with E-state index in [0.29, 0.717) is 5.76 Å². The number of rotatable bonds is 3. The Balaban J connectivity index is 2.33. The van der Waals surface area contributed by atoms with Gasteiger partial charge in [-0.2, -0.15) is 0 Å². The average molecular weight is 184 g/mol. The monoisotopic (exact) mass is 184 g/mol. The fraction of sp³-hybridized carbons (Fsp3) is 0.444. The van der Waals surface area contributed by atoms with Gasteiger partial charge >= 0.3 is 5.97 Å². The third-order valence-electron chi connectivity index (χ3n) is 1.37. The van der Waals surface area contributed by atoms with E-state index in [2.05, 4.69) is 6.58 Å². The minimum atomic E-state index is -0.657. The van der Waals surface area contributed by atoms with Crippen molar-refractivity contribution in [1.82, 2.24) is 0 Å². The second kappa shape index (κ2) is 3.51. The number of esters is 1. The van der Waals surface area contributed by atoms with Gasteiger partial charge in [-0.3, -0.25) is 0 Å². The molecule has 0 atom stereocenters. The minimum Gasteiger partial charge on any atom is -0.457 e. The molecule has 0 spiro atoms. The molecule has 0 radical (unpaired) electrons. The summed E-state index contributed by atoms with van der Waals surface area (Å²) in [4.78, 5) is 10.7. The molecule has 0 bridgehead atoms. The zero-order valence-electron chi connectivity index (χ0n) is 7.70. The van der Waals surface area contributed by atoms with Gasteiger partial charge in [0.05, 0.1) is 0 Å². The first-order chi connectivity index (χ1) is 6.03. The summed E-state index contributed by atoms with van der Waals surface area (Å²) in [5.41, 5.74) is 0. The lowest BCUT2D eigenvalue weighted by atomic mass is 10.4. The van der Waals surface area contributed by atoms with Crippen LogP contribution in [0.5, 0.6) is 0 Å². The number of ether oxygens (including phenoxy) is 3. The van der Waals surface area contributed by atoms with Crippen molar-refractivity contribution in [3.05, 3.63) is 24.7 Å². The first kappa shape index (κ1) is 9.64. The lowest BCUT2D eigenvalue weighted by molar-refractivity contribution is -0.142. The molecule has 4 heteroatoms. The van der Waals surface area contributed by atoms with Crippen molar-refractivity contribution >= 4 is 5.97 Å². The molecule has 0 aromatic heterocycles. The molecule has 0 aliphatic carbocycles. The Morgan fingerprint density at radius 2 is 2.46 bits per heavy atom. The largest absolute Gasteiger partial charge is 0.457 e. The first-order valence-electron chi connectivity index (χ1n) is 3.88. The fourth-order valence-electron chi connectivity index (χ4n) is 0.836. The molecule has 0 aromatic carbocycles. The van der Waals surface area contributed by atoms with Gasteiger partial charge in [0.1, 0.15) is 6.26 Å². The Bertz CT molecular complexity index is 252. The van der Waals surface area contributed by atoms with Crippen molar-refractivity contribution in [3.63, 3.8) is 0 Å². The Hall–Kier alpha value is -1.45. The molecular formula is C9H12O4. The molecule has 0 aromatic rings. The summed E-state index contributed by atoms with van der Waals surface area (Å²) in [5.74, 6) is -0.634. The normalized spacial score (nSPS) is 18.2. The third-order valence-corrected chi connectivity index (χ3v) is 1.37. The molecule has 1 heterocycles. The summed E-state index contributed by atoms with van der Waals surface area (Å²) in [7, 11) is 0. The van der Waals surface area contributed by atoms with Crippen LogP contribution in [-0.4, -0.2) is 18.4 Å². The van der Waals surface area contributed by atoms with E-state index in [1.165, 1.54) is 6.26 Å². The number of hydrogen-bond acceptors (Lipinski definition) is 4. The highest BCUT2D eigenvalue weighted by Crippen LogP contribution is 2.23. The van der Waals surface area contributed by atoms with Gasteiger partial charge in [-0.15, -0.1) is 0 Å². The van der Waals surface area contributed by atoms with Gasteiger partial charge in [-0.25, -0.2) is 4.79 Å². The summed E-state index contributed by atoms with van der Waals surface area (Å²) in [6.45, 7) is 6.89. The Morgan fingerprint density at radius 3 is 2.92 bits per heavy atom. The van der Waals surface area contributed by atoms with E-state index in [1.54, 1.807) is 13.8 Å². The van der Waals surface area contributed by atoms with Gasteiger partial charge in [0, 0.05) is 19.9 Å². The molecule has 1 rings (SSSR count). The number of carbonyl (C=O) groups is 1. The molecule has 0 unspecified atom stereocenters. The summed E-state index contributed by atoms with van der Waals surface area (Å²) in [6, 6.07) is 0. The lowest BCUT2D eigenvalue weighted by Gasteiger charge is -2.17. The summed E-state index contributed by atoms with van der Waals surface area (Å²) in [5, 5.41) is 0. The molecule has 0 saturated carbocycles. The van der Waals surface area contributed by atoms with E-state index in [4.69, 9.17) is 14.2 Å². The first-order valence-corrected chi connectivity index (χ1v) is 3.88. The van der Waals surface area contributed by atoms with Crippen molar-refractivity contribution in [2.75, 3.05) is 6.61 Å². The lowest BCUT2D eigenvalue weighted by Crippen LogP contribution is -2.21. The van der Waals surface area contributed by atoms with Crippen LogP contribution in [-0.2, 0) is 19.0 Å². The zero-order valence-corrected chi connectivity index (χ0v) is 7.70. The maximum absolute atomic E-state index is 10.7. The predicted molar refractivity (Wildman–Crippen MR) is 45.5 cm³/mol. The van der Waals surface area contributed by atoms with Gasteiger partial charge in [0.15, 0.2) is 12.4 Å². The molecule has 13 heavy (non-hydrogen) atoms. The summed E-state index contributed by atoms with van der Waals surface area (Å²) in [6.07, 6.45) is 2.54. The van der Waals surface area contributed by atoms with Crippen LogP contribution in [0, 0.1) is 0 Å². The van der Waals surface area contributed by atoms with Crippen molar-refractivity contribution in [3.8, 4) is 0 Å². The molecule has 1 aliphatic rings. The van der Waals surface area contributed by atoms with Crippen molar-refractivity contribution in [2.45, 2.75) is 19.6 Å². The van der Waals surface area contributed by atoms with Crippen LogP contribution in [0.1, 0.15) is 13.8 Å². The van der Waals surface area contributed by atoms with Crippen LogP contribution in [0.4, 0.5) is 0 Å². The van der Waals surface area contributed by atoms with E-state index < -0.39 is 11.8 Å². The summed E-state index contributed by atoms with van der Waals surface area (Å²) < 4.78 is 15.1. The van der Waals surface area contributed by atoms with Crippen molar-refractivity contribution < 1.29 is 19.0 Å². The smallest absolute Gasteiger partial charge is 0.330 e. The Morgan fingerprint density at radius 1 is 1.77 bits per heavy atom. The number of hydrogen-bond donors (Lipinski definition) is 0. The van der Waals surface area contributed by atoms with Gasteiger partial charge < -0.3 is 14.2 Å².